The quantitative estimate of drug-likeness (QED) is 0.372. The Kier molecular flexibility index (Phi) is 6.29. The molecule has 0 amide bonds. The van der Waals surface area contributed by atoms with E-state index >= 15 is 0 Å². The fourth-order valence-corrected chi connectivity index (χ4v) is 4.32. The first-order valence-corrected chi connectivity index (χ1v) is 11.6. The molecule has 8 heteroatoms. The van der Waals surface area contributed by atoms with Gasteiger partial charge in [-0.2, -0.15) is 0 Å². The predicted octanol–water partition coefficient (Wildman–Crippen LogP) is 4.97. The molecule has 7 nitrogen and oxygen atoms in total. The van der Waals surface area contributed by atoms with Crippen LogP contribution in [0.2, 0.25) is 0 Å². The van der Waals surface area contributed by atoms with Gasteiger partial charge in [-0.3, -0.25) is 4.79 Å². The average molecular weight is 488 g/mol. The van der Waals surface area contributed by atoms with Gasteiger partial charge in [-0.15, -0.1) is 0 Å². The Morgan fingerprint density at radius 3 is 2.74 bits per heavy atom. The standard InChI is InChI=1S/C27H25N3O4S/c1-17-7-9-19-13-20(26(31)28-22(19)11-17)15-30(14-18-8-10-24-25(12-18)34-16-33-24)27(35)29-21-5-3-4-6-23(21)32-2/h3-13H,14-16H2,1-2H3,(H,28,31)(H,29,35). The molecule has 3 aromatic carbocycles. The second-order valence-electron chi connectivity index (χ2n) is 8.39. The van der Waals surface area contributed by atoms with Crippen molar-refractivity contribution < 1.29 is 14.2 Å². The highest BCUT2D eigenvalue weighted by Gasteiger charge is 2.18. The molecule has 2 N–H and O–H groups in total. The van der Waals surface area contributed by atoms with Crippen LogP contribution in [0, 0.1) is 6.92 Å². The number of hydrogen-bond donors (Lipinski definition) is 2. The Morgan fingerprint density at radius 2 is 1.89 bits per heavy atom. The van der Waals surface area contributed by atoms with Crippen molar-refractivity contribution in [1.82, 2.24) is 9.88 Å². The van der Waals surface area contributed by atoms with Gasteiger partial charge in [-0.05, 0) is 72.1 Å². The van der Waals surface area contributed by atoms with Gasteiger partial charge in [0, 0.05) is 17.6 Å². The summed E-state index contributed by atoms with van der Waals surface area (Å²) in [7, 11) is 1.62. The first kappa shape index (κ1) is 22.7. The number of pyridine rings is 1. The van der Waals surface area contributed by atoms with E-state index in [2.05, 4.69) is 10.3 Å². The number of nitrogens with one attached hydrogen (secondary N) is 2. The predicted molar refractivity (Wildman–Crippen MR) is 140 cm³/mol. The molecule has 0 bridgehead atoms. The molecule has 1 aromatic heterocycles. The van der Waals surface area contributed by atoms with Crippen LogP contribution in [0.3, 0.4) is 0 Å². The first-order chi connectivity index (χ1) is 17.0. The zero-order valence-electron chi connectivity index (χ0n) is 19.5. The number of H-pyrrole nitrogens is 1. The molecule has 178 valence electrons. The van der Waals surface area contributed by atoms with Gasteiger partial charge in [-0.25, -0.2) is 0 Å². The lowest BCUT2D eigenvalue weighted by atomic mass is 10.1. The summed E-state index contributed by atoms with van der Waals surface area (Å²) >= 11 is 5.81. The van der Waals surface area contributed by atoms with E-state index in [-0.39, 0.29) is 12.4 Å². The fourth-order valence-electron chi connectivity index (χ4n) is 4.08. The third-order valence-corrected chi connectivity index (χ3v) is 6.25. The number of benzene rings is 3. The highest BCUT2D eigenvalue weighted by molar-refractivity contribution is 7.80. The Bertz CT molecular complexity index is 1470. The Morgan fingerprint density at radius 1 is 1.06 bits per heavy atom. The molecule has 5 rings (SSSR count). The fraction of sp³-hybridized carbons (Fsp3) is 0.185. The van der Waals surface area contributed by atoms with Gasteiger partial charge in [-0.1, -0.05) is 30.3 Å². The number of para-hydroxylation sites is 2. The molecule has 35 heavy (non-hydrogen) atoms. The van der Waals surface area contributed by atoms with Crippen molar-refractivity contribution in [1.29, 1.82) is 0 Å². The van der Waals surface area contributed by atoms with Crippen LogP contribution in [0.1, 0.15) is 16.7 Å². The monoisotopic (exact) mass is 487 g/mol. The first-order valence-electron chi connectivity index (χ1n) is 11.2. The van der Waals surface area contributed by atoms with E-state index in [9.17, 15) is 4.79 Å². The van der Waals surface area contributed by atoms with Crippen LogP contribution in [0.4, 0.5) is 5.69 Å². The number of nitrogens with zero attached hydrogens (tertiary/aromatic N) is 1. The van der Waals surface area contributed by atoms with Crippen molar-refractivity contribution in [2.75, 3.05) is 19.2 Å². The van der Waals surface area contributed by atoms with E-state index in [1.807, 2.05) is 78.6 Å². The summed E-state index contributed by atoms with van der Waals surface area (Å²) in [6.45, 7) is 2.99. The molecule has 0 unspecified atom stereocenters. The van der Waals surface area contributed by atoms with Crippen LogP contribution < -0.4 is 25.1 Å². The highest BCUT2D eigenvalue weighted by Crippen LogP contribution is 2.33. The molecule has 0 saturated heterocycles. The molecular weight excluding hydrogens is 462 g/mol. The van der Waals surface area contributed by atoms with E-state index < -0.39 is 0 Å². The van der Waals surface area contributed by atoms with Gasteiger partial charge in [0.15, 0.2) is 16.6 Å². The zero-order chi connectivity index (χ0) is 24.4. The van der Waals surface area contributed by atoms with Gasteiger partial charge >= 0.3 is 0 Å². The minimum atomic E-state index is -0.140. The number of methoxy groups -OCH3 is 1. The second kappa shape index (κ2) is 9.68. The summed E-state index contributed by atoms with van der Waals surface area (Å²) < 4.78 is 16.4. The van der Waals surface area contributed by atoms with Crippen LogP contribution >= 0.6 is 12.2 Å². The van der Waals surface area contributed by atoms with Crippen LogP contribution in [0.5, 0.6) is 17.2 Å². The maximum absolute atomic E-state index is 13.0. The Hall–Kier alpha value is -4.04. The minimum Gasteiger partial charge on any atom is -0.495 e. The van der Waals surface area contributed by atoms with Crippen LogP contribution in [0.15, 0.2) is 71.5 Å². The summed E-state index contributed by atoms with van der Waals surface area (Å²) in [6.07, 6.45) is 0. The lowest BCUT2D eigenvalue weighted by Gasteiger charge is -2.26. The van der Waals surface area contributed by atoms with Crippen LogP contribution in [0.25, 0.3) is 10.9 Å². The summed E-state index contributed by atoms with van der Waals surface area (Å²) in [4.78, 5) is 17.9. The number of ether oxygens (including phenoxy) is 3. The van der Waals surface area contributed by atoms with Gasteiger partial charge < -0.3 is 29.4 Å². The highest BCUT2D eigenvalue weighted by atomic mass is 32.1. The number of thiocarbonyl (C=S) groups is 1. The average Bonchev–Trinajstić information content (AvgIpc) is 3.32. The second-order valence-corrected chi connectivity index (χ2v) is 8.78. The molecule has 1 aliphatic rings. The van der Waals surface area contributed by atoms with Gasteiger partial charge in [0.2, 0.25) is 6.79 Å². The van der Waals surface area contributed by atoms with Gasteiger partial charge in [0.05, 0.1) is 19.3 Å². The molecule has 0 spiro atoms. The van der Waals surface area contributed by atoms with E-state index in [1.165, 1.54) is 0 Å². The maximum atomic E-state index is 13.0. The number of fused-ring (bicyclic) bond motifs is 2. The van der Waals surface area contributed by atoms with Crippen LogP contribution in [-0.4, -0.2) is 28.9 Å². The van der Waals surface area contributed by atoms with Gasteiger partial charge in [0.25, 0.3) is 5.56 Å². The van der Waals surface area contributed by atoms with E-state index in [0.29, 0.717) is 35.3 Å². The molecule has 2 heterocycles. The molecule has 0 saturated carbocycles. The van der Waals surface area contributed by atoms with Gasteiger partial charge in [0.1, 0.15) is 5.75 Å². The molecule has 1 aliphatic heterocycles. The Labute approximate surface area is 208 Å². The third-order valence-electron chi connectivity index (χ3n) is 5.89. The molecule has 0 fully saturated rings. The molecular formula is C27H25N3O4S. The summed E-state index contributed by atoms with van der Waals surface area (Å²) in [5.74, 6) is 2.10. The minimum absolute atomic E-state index is 0.140. The molecule has 4 aromatic rings. The number of aromatic amines is 1. The maximum Gasteiger partial charge on any atom is 0.253 e. The number of aromatic nitrogens is 1. The Balaban J connectivity index is 1.47. The number of anilines is 1. The van der Waals surface area contributed by atoms with Crippen LogP contribution in [-0.2, 0) is 13.1 Å². The topological polar surface area (TPSA) is 75.8 Å². The largest absolute Gasteiger partial charge is 0.495 e. The smallest absolute Gasteiger partial charge is 0.253 e. The number of hydrogen-bond acceptors (Lipinski definition) is 5. The van der Waals surface area contributed by atoms with Crippen molar-refractivity contribution in [2.45, 2.75) is 20.0 Å². The van der Waals surface area contributed by atoms with Crippen molar-refractivity contribution in [3.05, 3.63) is 93.8 Å². The zero-order valence-corrected chi connectivity index (χ0v) is 20.3. The number of aryl methyl sites for hydroxylation is 1. The summed E-state index contributed by atoms with van der Waals surface area (Å²) in [5.41, 5.74) is 4.11. The summed E-state index contributed by atoms with van der Waals surface area (Å²) in [5, 5.41) is 4.72. The molecule has 0 aliphatic carbocycles. The molecule has 0 radical (unpaired) electrons. The normalized spacial score (nSPS) is 11.9. The van der Waals surface area contributed by atoms with E-state index in [4.69, 9.17) is 26.4 Å². The van der Waals surface area contributed by atoms with Crippen molar-refractivity contribution in [3.63, 3.8) is 0 Å². The lowest BCUT2D eigenvalue weighted by Crippen LogP contribution is -2.35. The SMILES string of the molecule is COc1ccccc1NC(=S)N(Cc1ccc2c(c1)OCO2)Cc1cc2ccc(C)cc2[nH]c1=O. The number of rotatable bonds is 6. The molecule has 0 atom stereocenters. The third kappa shape index (κ3) is 4.93. The van der Waals surface area contributed by atoms with Crippen molar-refractivity contribution in [2.24, 2.45) is 0 Å². The van der Waals surface area contributed by atoms with Crippen molar-refractivity contribution >= 4 is 33.9 Å². The lowest BCUT2D eigenvalue weighted by molar-refractivity contribution is 0.174. The van der Waals surface area contributed by atoms with E-state index in [1.54, 1.807) is 7.11 Å². The summed E-state index contributed by atoms with van der Waals surface area (Å²) in [6, 6.07) is 21.3. The van der Waals surface area contributed by atoms with Crippen molar-refractivity contribution in [3.8, 4) is 17.2 Å². The van der Waals surface area contributed by atoms with E-state index in [0.717, 1.165) is 33.5 Å².